The summed E-state index contributed by atoms with van der Waals surface area (Å²) in [4.78, 5) is 15.8. The van der Waals surface area contributed by atoms with Gasteiger partial charge in [0.2, 0.25) is 0 Å². The summed E-state index contributed by atoms with van der Waals surface area (Å²) in [5.41, 5.74) is 0.933. The van der Waals surface area contributed by atoms with Crippen LogP contribution in [0.15, 0.2) is 52.4 Å². The van der Waals surface area contributed by atoms with Gasteiger partial charge in [-0.1, -0.05) is 11.2 Å². The van der Waals surface area contributed by atoms with Crippen molar-refractivity contribution in [3.8, 4) is 17.1 Å². The Morgan fingerprint density at radius 3 is 2.72 bits per heavy atom. The number of ether oxygens (including phenoxy) is 1. The second kappa shape index (κ2) is 8.00. The van der Waals surface area contributed by atoms with Crippen molar-refractivity contribution in [3.63, 3.8) is 0 Å². The molecule has 2 aromatic heterocycles. The maximum absolute atomic E-state index is 13.2. The van der Waals surface area contributed by atoms with Gasteiger partial charge in [0, 0.05) is 22.5 Å². The molecule has 3 aromatic rings. The predicted octanol–water partition coefficient (Wildman–Crippen LogP) is 3.24. The average molecular weight is 433 g/mol. The highest BCUT2D eigenvalue weighted by Gasteiger charge is 2.36. The Kier molecular flexibility index (Phi) is 5.42. The van der Waals surface area contributed by atoms with Gasteiger partial charge < -0.3 is 14.2 Å². The number of thiophene rings is 1. The first kappa shape index (κ1) is 19.7. The molecule has 1 aliphatic rings. The van der Waals surface area contributed by atoms with Crippen LogP contribution < -0.4 is 4.74 Å². The molecule has 9 heteroatoms. The normalized spacial score (nSPS) is 17.9. The molecular weight excluding hydrogens is 412 g/mol. The Balaban J connectivity index is 1.59. The highest BCUT2D eigenvalue weighted by Crippen LogP contribution is 2.26. The van der Waals surface area contributed by atoms with Crippen LogP contribution in [0.25, 0.3) is 11.3 Å². The standard InChI is InChI=1S/C20H20N2O5S2/c1-26-16-6-4-14(5-7-16)19-11-18(21-27-19)20(23)22(12-17-3-2-9-28-17)15-8-10-29(24,25)13-15/h2-7,9,11,15H,8,10,12-13H2,1H3/t15-/m0/s1. The molecule has 1 atom stereocenters. The van der Waals surface area contributed by atoms with E-state index in [2.05, 4.69) is 5.16 Å². The van der Waals surface area contributed by atoms with Crippen molar-refractivity contribution >= 4 is 27.1 Å². The van der Waals surface area contributed by atoms with E-state index in [1.54, 1.807) is 30.2 Å². The third-order valence-corrected chi connectivity index (χ3v) is 7.53. The molecule has 0 spiro atoms. The second-order valence-electron chi connectivity index (χ2n) is 6.87. The number of carbonyl (C=O) groups excluding carboxylic acids is 1. The Bertz CT molecular complexity index is 1090. The van der Waals surface area contributed by atoms with E-state index in [0.29, 0.717) is 24.5 Å². The summed E-state index contributed by atoms with van der Waals surface area (Å²) in [6.45, 7) is 0.349. The molecule has 4 rings (SSSR count). The lowest BCUT2D eigenvalue weighted by molar-refractivity contribution is 0.0672. The van der Waals surface area contributed by atoms with Crippen LogP contribution >= 0.6 is 11.3 Å². The van der Waals surface area contributed by atoms with E-state index in [9.17, 15) is 13.2 Å². The lowest BCUT2D eigenvalue weighted by atomic mass is 10.1. The van der Waals surface area contributed by atoms with E-state index in [1.165, 1.54) is 11.3 Å². The lowest BCUT2D eigenvalue weighted by Crippen LogP contribution is -2.40. The Hall–Kier alpha value is -2.65. The number of hydrogen-bond donors (Lipinski definition) is 0. The molecule has 0 radical (unpaired) electrons. The first-order valence-corrected chi connectivity index (χ1v) is 11.8. The molecule has 0 aliphatic carbocycles. The largest absolute Gasteiger partial charge is 0.497 e. The predicted molar refractivity (Wildman–Crippen MR) is 110 cm³/mol. The van der Waals surface area contributed by atoms with Gasteiger partial charge >= 0.3 is 0 Å². The Morgan fingerprint density at radius 1 is 1.31 bits per heavy atom. The van der Waals surface area contributed by atoms with Gasteiger partial charge in [0.05, 0.1) is 25.2 Å². The molecule has 1 amide bonds. The summed E-state index contributed by atoms with van der Waals surface area (Å²) in [7, 11) is -1.54. The maximum atomic E-state index is 13.2. The van der Waals surface area contributed by atoms with Crippen molar-refractivity contribution in [3.05, 3.63) is 58.4 Å². The molecule has 29 heavy (non-hydrogen) atoms. The van der Waals surface area contributed by atoms with Crippen LogP contribution in [0.2, 0.25) is 0 Å². The van der Waals surface area contributed by atoms with Gasteiger partial charge in [-0.3, -0.25) is 4.79 Å². The number of methoxy groups -OCH3 is 1. The summed E-state index contributed by atoms with van der Waals surface area (Å²) < 4.78 is 34.5. The summed E-state index contributed by atoms with van der Waals surface area (Å²) in [5, 5.41) is 5.88. The minimum Gasteiger partial charge on any atom is -0.497 e. The first-order chi connectivity index (χ1) is 13.9. The molecule has 7 nitrogen and oxygen atoms in total. The zero-order chi connectivity index (χ0) is 20.4. The molecule has 1 saturated heterocycles. The number of amides is 1. The van der Waals surface area contributed by atoms with Crippen LogP contribution in [0.4, 0.5) is 0 Å². The molecular formula is C20H20N2O5S2. The van der Waals surface area contributed by atoms with Crippen LogP contribution in [0, 0.1) is 0 Å². The molecule has 1 aliphatic heterocycles. The molecule has 1 aromatic carbocycles. The topological polar surface area (TPSA) is 89.7 Å². The summed E-state index contributed by atoms with van der Waals surface area (Å²) in [5.74, 6) is 0.930. The van der Waals surface area contributed by atoms with Crippen molar-refractivity contribution in [1.82, 2.24) is 10.1 Å². The second-order valence-corrected chi connectivity index (χ2v) is 10.1. The van der Waals surface area contributed by atoms with Crippen LogP contribution in [0.1, 0.15) is 21.8 Å². The van der Waals surface area contributed by atoms with Gasteiger partial charge in [-0.25, -0.2) is 8.42 Å². The van der Waals surface area contributed by atoms with Gasteiger partial charge in [-0.05, 0) is 42.1 Å². The fourth-order valence-electron chi connectivity index (χ4n) is 3.37. The molecule has 0 N–H and O–H groups in total. The first-order valence-electron chi connectivity index (χ1n) is 9.10. The maximum Gasteiger partial charge on any atom is 0.276 e. The number of nitrogens with zero attached hydrogens (tertiary/aromatic N) is 2. The zero-order valence-electron chi connectivity index (χ0n) is 15.8. The fourth-order valence-corrected chi connectivity index (χ4v) is 5.81. The smallest absolute Gasteiger partial charge is 0.276 e. The van der Waals surface area contributed by atoms with Gasteiger partial charge in [-0.2, -0.15) is 0 Å². The average Bonchev–Trinajstić information content (AvgIpc) is 3.47. The summed E-state index contributed by atoms with van der Waals surface area (Å²) in [6, 6.07) is 12.3. The third-order valence-electron chi connectivity index (χ3n) is 4.92. The molecule has 1 fully saturated rings. The number of sulfone groups is 1. The Labute approximate surface area is 172 Å². The van der Waals surface area contributed by atoms with Gasteiger partial charge in [-0.15, -0.1) is 11.3 Å². The number of benzene rings is 1. The number of carbonyl (C=O) groups is 1. The number of rotatable bonds is 6. The fraction of sp³-hybridized carbons (Fsp3) is 0.300. The van der Waals surface area contributed by atoms with E-state index in [4.69, 9.17) is 9.26 Å². The SMILES string of the molecule is COc1ccc(-c2cc(C(=O)N(Cc3cccs3)[C@H]3CCS(=O)(=O)C3)no2)cc1. The molecule has 3 heterocycles. The Morgan fingerprint density at radius 2 is 2.10 bits per heavy atom. The minimum atomic E-state index is -3.13. The van der Waals surface area contributed by atoms with Crippen molar-refractivity contribution in [2.75, 3.05) is 18.6 Å². The quantitative estimate of drug-likeness (QED) is 0.594. The lowest BCUT2D eigenvalue weighted by Gasteiger charge is -2.26. The van der Waals surface area contributed by atoms with Gasteiger partial charge in [0.15, 0.2) is 21.3 Å². The summed E-state index contributed by atoms with van der Waals surface area (Å²) >= 11 is 1.53. The highest BCUT2D eigenvalue weighted by molar-refractivity contribution is 7.91. The van der Waals surface area contributed by atoms with Crippen molar-refractivity contribution in [2.24, 2.45) is 0 Å². The number of aromatic nitrogens is 1. The van der Waals surface area contributed by atoms with Crippen molar-refractivity contribution in [1.29, 1.82) is 0 Å². The molecule has 0 saturated carbocycles. The third kappa shape index (κ3) is 4.35. The molecule has 0 bridgehead atoms. The monoisotopic (exact) mass is 432 g/mol. The highest BCUT2D eigenvalue weighted by atomic mass is 32.2. The van der Waals surface area contributed by atoms with E-state index >= 15 is 0 Å². The molecule has 0 unspecified atom stereocenters. The van der Waals surface area contributed by atoms with Crippen LogP contribution in [0.3, 0.4) is 0 Å². The van der Waals surface area contributed by atoms with Crippen molar-refractivity contribution < 1.29 is 22.5 Å². The van der Waals surface area contributed by atoms with E-state index in [1.807, 2.05) is 29.6 Å². The van der Waals surface area contributed by atoms with Crippen molar-refractivity contribution in [2.45, 2.75) is 19.0 Å². The van der Waals surface area contributed by atoms with Crippen LogP contribution in [-0.2, 0) is 16.4 Å². The van der Waals surface area contributed by atoms with Gasteiger partial charge in [0.1, 0.15) is 5.75 Å². The van der Waals surface area contributed by atoms with Crippen LogP contribution in [0.5, 0.6) is 5.75 Å². The summed E-state index contributed by atoms with van der Waals surface area (Å²) in [6.07, 6.45) is 0.433. The zero-order valence-corrected chi connectivity index (χ0v) is 17.4. The molecule has 152 valence electrons. The number of hydrogen-bond acceptors (Lipinski definition) is 7. The van der Waals surface area contributed by atoms with E-state index < -0.39 is 9.84 Å². The minimum absolute atomic E-state index is 0.0205. The van der Waals surface area contributed by atoms with E-state index in [0.717, 1.165) is 10.4 Å². The van der Waals surface area contributed by atoms with E-state index in [-0.39, 0.29) is 29.1 Å². The van der Waals surface area contributed by atoms with Crippen LogP contribution in [-0.4, -0.2) is 49.0 Å². The van der Waals surface area contributed by atoms with Gasteiger partial charge in [0.25, 0.3) is 5.91 Å².